The van der Waals surface area contributed by atoms with Crippen molar-refractivity contribution in [2.75, 3.05) is 0 Å². The SMILES string of the molecule is Cc1cc(Br)cc(C(=O)NCc2nc(C)c(C)o2)c1. The van der Waals surface area contributed by atoms with E-state index in [-0.39, 0.29) is 5.91 Å². The minimum atomic E-state index is -0.141. The van der Waals surface area contributed by atoms with Crippen LogP contribution in [0.1, 0.15) is 33.3 Å². The van der Waals surface area contributed by atoms with Crippen LogP contribution in [0.2, 0.25) is 0 Å². The topological polar surface area (TPSA) is 55.1 Å². The predicted octanol–water partition coefficient (Wildman–Crippen LogP) is 3.29. The molecule has 19 heavy (non-hydrogen) atoms. The van der Waals surface area contributed by atoms with Gasteiger partial charge in [0.25, 0.3) is 5.91 Å². The van der Waals surface area contributed by atoms with Crippen molar-refractivity contribution in [3.8, 4) is 0 Å². The normalized spacial score (nSPS) is 10.5. The number of rotatable bonds is 3. The zero-order chi connectivity index (χ0) is 14.0. The maximum Gasteiger partial charge on any atom is 0.251 e. The summed E-state index contributed by atoms with van der Waals surface area (Å²) in [5.41, 5.74) is 2.50. The number of hydrogen-bond acceptors (Lipinski definition) is 3. The largest absolute Gasteiger partial charge is 0.444 e. The van der Waals surface area contributed by atoms with Crippen LogP contribution in [0.5, 0.6) is 0 Å². The summed E-state index contributed by atoms with van der Waals surface area (Å²) in [6.45, 7) is 5.97. The smallest absolute Gasteiger partial charge is 0.251 e. The van der Waals surface area contributed by atoms with Gasteiger partial charge in [0.1, 0.15) is 5.76 Å². The third-order valence-corrected chi connectivity index (χ3v) is 3.24. The molecule has 0 aliphatic carbocycles. The van der Waals surface area contributed by atoms with Crippen LogP contribution in [0.25, 0.3) is 0 Å². The van der Waals surface area contributed by atoms with Crippen LogP contribution in [0.3, 0.4) is 0 Å². The fourth-order valence-corrected chi connectivity index (χ4v) is 2.35. The summed E-state index contributed by atoms with van der Waals surface area (Å²) in [5, 5.41) is 2.79. The molecular weight excluding hydrogens is 308 g/mol. The van der Waals surface area contributed by atoms with Gasteiger partial charge in [-0.05, 0) is 44.5 Å². The van der Waals surface area contributed by atoms with Gasteiger partial charge in [0.2, 0.25) is 5.89 Å². The van der Waals surface area contributed by atoms with Gasteiger partial charge in [-0.15, -0.1) is 0 Å². The number of benzene rings is 1. The first-order valence-electron chi connectivity index (χ1n) is 5.94. The van der Waals surface area contributed by atoms with Gasteiger partial charge in [0, 0.05) is 10.0 Å². The molecule has 1 aromatic carbocycles. The highest BCUT2D eigenvalue weighted by atomic mass is 79.9. The number of nitrogens with zero attached hydrogens (tertiary/aromatic N) is 1. The van der Waals surface area contributed by atoms with E-state index in [1.165, 1.54) is 0 Å². The Kier molecular flexibility index (Phi) is 4.04. The molecule has 0 saturated heterocycles. The van der Waals surface area contributed by atoms with Crippen LogP contribution >= 0.6 is 15.9 Å². The molecule has 0 aliphatic heterocycles. The van der Waals surface area contributed by atoms with Crippen molar-refractivity contribution in [2.45, 2.75) is 27.3 Å². The zero-order valence-corrected chi connectivity index (χ0v) is 12.7. The number of aryl methyl sites for hydroxylation is 3. The fraction of sp³-hybridized carbons (Fsp3) is 0.286. The first-order valence-corrected chi connectivity index (χ1v) is 6.73. The van der Waals surface area contributed by atoms with E-state index in [1.807, 2.05) is 32.9 Å². The van der Waals surface area contributed by atoms with Crippen molar-refractivity contribution in [3.05, 3.63) is 51.1 Å². The van der Waals surface area contributed by atoms with Crippen molar-refractivity contribution < 1.29 is 9.21 Å². The predicted molar refractivity (Wildman–Crippen MR) is 76.0 cm³/mol. The van der Waals surface area contributed by atoms with Crippen molar-refractivity contribution in [1.82, 2.24) is 10.3 Å². The van der Waals surface area contributed by atoms with Crippen LogP contribution in [0, 0.1) is 20.8 Å². The third-order valence-electron chi connectivity index (χ3n) is 2.78. The molecule has 2 rings (SSSR count). The van der Waals surface area contributed by atoms with Crippen molar-refractivity contribution in [3.63, 3.8) is 0 Å². The molecule has 0 spiro atoms. The second kappa shape index (κ2) is 5.57. The van der Waals surface area contributed by atoms with Gasteiger partial charge in [0.05, 0.1) is 12.2 Å². The summed E-state index contributed by atoms with van der Waals surface area (Å²) in [6.07, 6.45) is 0. The third kappa shape index (κ3) is 3.44. The Morgan fingerprint density at radius 3 is 2.63 bits per heavy atom. The summed E-state index contributed by atoms with van der Waals surface area (Å²) < 4.78 is 6.30. The number of aromatic nitrogens is 1. The van der Waals surface area contributed by atoms with Crippen molar-refractivity contribution in [2.24, 2.45) is 0 Å². The van der Waals surface area contributed by atoms with E-state index in [9.17, 15) is 4.79 Å². The van der Waals surface area contributed by atoms with E-state index in [0.29, 0.717) is 18.0 Å². The Morgan fingerprint density at radius 1 is 1.32 bits per heavy atom. The van der Waals surface area contributed by atoms with Gasteiger partial charge in [-0.2, -0.15) is 0 Å². The van der Waals surface area contributed by atoms with Gasteiger partial charge in [-0.25, -0.2) is 4.98 Å². The fourth-order valence-electron chi connectivity index (χ4n) is 1.74. The average molecular weight is 323 g/mol. The van der Waals surface area contributed by atoms with E-state index < -0.39 is 0 Å². The lowest BCUT2D eigenvalue weighted by Gasteiger charge is -2.04. The summed E-state index contributed by atoms with van der Waals surface area (Å²) in [4.78, 5) is 16.2. The molecule has 5 heteroatoms. The summed E-state index contributed by atoms with van der Waals surface area (Å²) in [6, 6.07) is 5.58. The van der Waals surface area contributed by atoms with Gasteiger partial charge in [-0.1, -0.05) is 15.9 Å². The quantitative estimate of drug-likeness (QED) is 0.943. The molecule has 0 fully saturated rings. The summed E-state index contributed by atoms with van der Waals surface area (Å²) in [7, 11) is 0. The number of oxazole rings is 1. The standard InChI is InChI=1S/C14H15BrN2O2/c1-8-4-11(6-12(15)5-8)14(18)16-7-13-17-9(2)10(3)19-13/h4-6H,7H2,1-3H3,(H,16,18). The molecule has 0 radical (unpaired) electrons. The van der Waals surface area contributed by atoms with Gasteiger partial charge >= 0.3 is 0 Å². The maximum atomic E-state index is 12.0. The molecule has 0 saturated carbocycles. The Labute approximate surface area is 120 Å². The summed E-state index contributed by atoms with van der Waals surface area (Å²) >= 11 is 3.38. The highest BCUT2D eigenvalue weighted by Gasteiger charge is 2.10. The van der Waals surface area contributed by atoms with E-state index >= 15 is 0 Å². The Morgan fingerprint density at radius 2 is 2.05 bits per heavy atom. The zero-order valence-electron chi connectivity index (χ0n) is 11.1. The maximum absolute atomic E-state index is 12.0. The lowest BCUT2D eigenvalue weighted by atomic mass is 10.1. The lowest BCUT2D eigenvalue weighted by molar-refractivity contribution is 0.0947. The first-order chi connectivity index (χ1) is 8.95. The highest BCUT2D eigenvalue weighted by molar-refractivity contribution is 9.10. The minimum absolute atomic E-state index is 0.141. The van der Waals surface area contributed by atoms with E-state index in [1.54, 1.807) is 6.07 Å². The molecule has 1 N–H and O–H groups in total. The van der Waals surface area contributed by atoms with Gasteiger partial charge < -0.3 is 9.73 Å². The average Bonchev–Trinajstić information content (AvgIpc) is 2.64. The van der Waals surface area contributed by atoms with Crippen molar-refractivity contribution >= 4 is 21.8 Å². The monoisotopic (exact) mass is 322 g/mol. The Balaban J connectivity index is 2.05. The molecular formula is C14H15BrN2O2. The Hall–Kier alpha value is -1.62. The molecule has 0 bridgehead atoms. The molecule has 0 aliphatic rings. The van der Waals surface area contributed by atoms with Gasteiger partial charge in [0.15, 0.2) is 0 Å². The lowest BCUT2D eigenvalue weighted by Crippen LogP contribution is -2.23. The molecule has 100 valence electrons. The second-order valence-electron chi connectivity index (χ2n) is 4.45. The van der Waals surface area contributed by atoms with Crippen LogP contribution < -0.4 is 5.32 Å². The molecule has 4 nitrogen and oxygen atoms in total. The van der Waals surface area contributed by atoms with E-state index in [2.05, 4.69) is 26.2 Å². The number of halogens is 1. The van der Waals surface area contributed by atoms with Crippen LogP contribution in [0.15, 0.2) is 27.1 Å². The number of hydrogen-bond donors (Lipinski definition) is 1. The Bertz CT molecular complexity index is 580. The number of carbonyl (C=O) groups is 1. The first kappa shape index (κ1) is 13.8. The number of carbonyl (C=O) groups excluding carboxylic acids is 1. The number of amides is 1. The van der Waals surface area contributed by atoms with E-state index in [0.717, 1.165) is 21.5 Å². The van der Waals surface area contributed by atoms with Crippen molar-refractivity contribution in [1.29, 1.82) is 0 Å². The molecule has 1 aromatic heterocycles. The molecule has 0 unspecified atom stereocenters. The van der Waals surface area contributed by atoms with Crippen LogP contribution in [0.4, 0.5) is 0 Å². The molecule has 1 heterocycles. The van der Waals surface area contributed by atoms with Crippen LogP contribution in [-0.2, 0) is 6.54 Å². The second-order valence-corrected chi connectivity index (χ2v) is 5.36. The molecule has 2 aromatic rings. The minimum Gasteiger partial charge on any atom is -0.444 e. The van der Waals surface area contributed by atoms with E-state index in [4.69, 9.17) is 4.42 Å². The number of nitrogens with one attached hydrogen (secondary N) is 1. The van der Waals surface area contributed by atoms with Crippen LogP contribution in [-0.4, -0.2) is 10.9 Å². The molecule has 0 atom stereocenters. The summed E-state index contributed by atoms with van der Waals surface area (Å²) in [5.74, 6) is 1.16. The van der Waals surface area contributed by atoms with Gasteiger partial charge in [-0.3, -0.25) is 4.79 Å². The highest BCUT2D eigenvalue weighted by Crippen LogP contribution is 2.15. The molecule has 1 amide bonds.